The van der Waals surface area contributed by atoms with Crippen molar-refractivity contribution in [3.8, 4) is 0 Å². The van der Waals surface area contributed by atoms with Crippen LogP contribution in [0, 0.1) is 0 Å². The minimum atomic E-state index is 1.23. The zero-order chi connectivity index (χ0) is 6.10. The molecule has 9 heavy (non-hydrogen) atoms. The van der Waals surface area contributed by atoms with Crippen molar-refractivity contribution >= 4 is 29.5 Å². The summed E-state index contributed by atoms with van der Waals surface area (Å²) in [5, 5.41) is 5.95. The van der Waals surface area contributed by atoms with Crippen molar-refractivity contribution < 1.29 is 0 Å². The van der Waals surface area contributed by atoms with Crippen molar-refractivity contribution in [3.05, 3.63) is 17.0 Å². The van der Waals surface area contributed by atoms with Gasteiger partial charge in [-0.3, -0.25) is 0 Å². The van der Waals surface area contributed by atoms with Crippen molar-refractivity contribution in [3.63, 3.8) is 0 Å². The monoisotopic (exact) mass is 156 g/mol. The van der Waals surface area contributed by atoms with Gasteiger partial charge in [0.1, 0.15) is 0 Å². The Bertz CT molecular complexity index is 241. The Morgan fingerprint density at radius 3 is 3.44 bits per heavy atom. The minimum Gasteiger partial charge on any atom is -0.246 e. The predicted molar refractivity (Wildman–Crippen MR) is 40.9 cm³/mol. The molecule has 2 nitrogen and oxygen atoms in total. The molecule has 1 aromatic rings. The van der Waals surface area contributed by atoms with E-state index in [4.69, 9.17) is 0 Å². The lowest BCUT2D eigenvalue weighted by Gasteiger charge is -2.02. The Morgan fingerprint density at radius 1 is 1.56 bits per heavy atom. The molecule has 0 saturated heterocycles. The van der Waals surface area contributed by atoms with E-state index in [1.165, 1.54) is 9.77 Å². The van der Waals surface area contributed by atoms with Crippen LogP contribution in [0.15, 0.2) is 20.8 Å². The first kappa shape index (κ1) is 5.32. The third-order valence-electron chi connectivity index (χ3n) is 1.05. The molecule has 0 unspecified atom stereocenters. The lowest BCUT2D eigenvalue weighted by molar-refractivity contribution is 1.11. The first-order valence-electron chi connectivity index (χ1n) is 2.49. The van der Waals surface area contributed by atoms with Gasteiger partial charge in [0, 0.05) is 17.5 Å². The number of nitrogens with one attached hydrogen (secondary N) is 1. The van der Waals surface area contributed by atoms with Crippen LogP contribution in [0.2, 0.25) is 0 Å². The molecule has 2 rings (SSSR count). The van der Waals surface area contributed by atoms with Gasteiger partial charge in [-0.05, 0) is 11.4 Å². The van der Waals surface area contributed by atoms with Gasteiger partial charge in [-0.2, -0.15) is 5.10 Å². The summed E-state index contributed by atoms with van der Waals surface area (Å²) in [5.41, 5.74) is 1.23. The quantitative estimate of drug-likeness (QED) is 0.578. The van der Waals surface area contributed by atoms with Crippen LogP contribution in [-0.2, 0) is 0 Å². The van der Waals surface area contributed by atoms with Gasteiger partial charge < -0.3 is 0 Å². The van der Waals surface area contributed by atoms with Crippen molar-refractivity contribution in [2.45, 2.75) is 4.21 Å². The van der Waals surface area contributed by atoms with Gasteiger partial charge in [0.2, 0.25) is 0 Å². The Hall–Kier alpha value is -0.480. The second-order valence-electron chi connectivity index (χ2n) is 1.61. The minimum absolute atomic E-state index is 1.23. The fourth-order valence-electron chi connectivity index (χ4n) is 0.648. The number of hydrogen-bond acceptors (Lipinski definition) is 4. The van der Waals surface area contributed by atoms with Gasteiger partial charge in [0.25, 0.3) is 0 Å². The summed E-state index contributed by atoms with van der Waals surface area (Å²) in [6, 6.07) is 2.07. The molecule has 0 spiro atoms. The van der Waals surface area contributed by atoms with Crippen LogP contribution in [0.4, 0.5) is 0 Å². The Labute approximate surface area is 61.1 Å². The van der Waals surface area contributed by atoms with Crippen molar-refractivity contribution in [2.75, 3.05) is 0 Å². The second-order valence-corrected chi connectivity index (χ2v) is 3.58. The summed E-state index contributed by atoms with van der Waals surface area (Å²) >= 11 is 3.30. The van der Waals surface area contributed by atoms with E-state index in [9.17, 15) is 0 Å². The van der Waals surface area contributed by atoms with Gasteiger partial charge in [-0.1, -0.05) is 0 Å². The molecule has 0 aromatic carbocycles. The Morgan fingerprint density at radius 2 is 2.56 bits per heavy atom. The number of fused-ring (bicyclic) bond motifs is 1. The van der Waals surface area contributed by atoms with E-state index >= 15 is 0 Å². The fourth-order valence-corrected chi connectivity index (χ4v) is 2.14. The van der Waals surface area contributed by atoms with Crippen molar-refractivity contribution in [1.82, 2.24) is 4.83 Å². The van der Waals surface area contributed by atoms with E-state index in [1.54, 1.807) is 23.3 Å². The van der Waals surface area contributed by atoms with Gasteiger partial charge in [-0.15, -0.1) is 11.3 Å². The number of hydrogen-bond donors (Lipinski definition) is 1. The number of hydrazone groups is 1. The topological polar surface area (TPSA) is 24.4 Å². The molecule has 0 saturated carbocycles. The first-order valence-corrected chi connectivity index (χ1v) is 4.19. The van der Waals surface area contributed by atoms with Crippen LogP contribution < -0.4 is 4.83 Å². The van der Waals surface area contributed by atoms with Crippen LogP contribution in [-0.4, -0.2) is 6.21 Å². The van der Waals surface area contributed by atoms with Crippen molar-refractivity contribution in [2.24, 2.45) is 5.10 Å². The molecular weight excluding hydrogens is 152 g/mol. The van der Waals surface area contributed by atoms with E-state index in [-0.39, 0.29) is 0 Å². The number of nitrogens with zero attached hydrogens (tertiary/aromatic N) is 1. The summed E-state index contributed by atoms with van der Waals surface area (Å²) in [4.78, 5) is 2.82. The predicted octanol–water partition coefficient (Wildman–Crippen LogP) is 1.69. The van der Waals surface area contributed by atoms with E-state index in [0.29, 0.717) is 0 Å². The summed E-state index contributed by atoms with van der Waals surface area (Å²) in [6.45, 7) is 0. The molecule has 0 amide bonds. The molecule has 0 radical (unpaired) electrons. The van der Waals surface area contributed by atoms with Gasteiger partial charge >= 0.3 is 0 Å². The molecule has 0 fully saturated rings. The summed E-state index contributed by atoms with van der Waals surface area (Å²) in [5.74, 6) is 0. The zero-order valence-electron chi connectivity index (χ0n) is 4.50. The zero-order valence-corrected chi connectivity index (χ0v) is 6.13. The van der Waals surface area contributed by atoms with Crippen LogP contribution in [0.1, 0.15) is 5.56 Å². The molecule has 46 valence electrons. The van der Waals surface area contributed by atoms with E-state index in [0.717, 1.165) is 0 Å². The third kappa shape index (κ3) is 0.840. The van der Waals surface area contributed by atoms with Gasteiger partial charge in [0.15, 0.2) is 0 Å². The molecule has 1 aliphatic heterocycles. The highest BCUT2D eigenvalue weighted by molar-refractivity contribution is 7.99. The molecule has 0 aliphatic carbocycles. The maximum absolute atomic E-state index is 3.89. The second kappa shape index (κ2) is 2.04. The highest BCUT2D eigenvalue weighted by Gasteiger charge is 2.04. The highest BCUT2D eigenvalue weighted by Crippen LogP contribution is 2.27. The summed E-state index contributed by atoms with van der Waals surface area (Å²) in [7, 11) is 0. The van der Waals surface area contributed by atoms with Crippen LogP contribution in [0.5, 0.6) is 0 Å². The molecule has 4 heteroatoms. The lowest BCUT2D eigenvalue weighted by atomic mass is 10.4. The van der Waals surface area contributed by atoms with Crippen LogP contribution in [0.3, 0.4) is 0 Å². The molecule has 2 heterocycles. The average molecular weight is 156 g/mol. The summed E-state index contributed by atoms with van der Waals surface area (Å²) < 4.78 is 1.30. The fraction of sp³-hybridized carbons (Fsp3) is 0. The SMILES string of the molecule is C1=NNSc2sccc21. The number of rotatable bonds is 0. The van der Waals surface area contributed by atoms with Gasteiger partial charge in [0.05, 0.1) is 10.4 Å². The maximum Gasteiger partial charge on any atom is 0.0910 e. The van der Waals surface area contributed by atoms with Crippen LogP contribution >= 0.6 is 23.3 Å². The Kier molecular flexibility index (Phi) is 1.20. The molecule has 0 bridgehead atoms. The molecule has 1 N–H and O–H groups in total. The molecule has 0 atom stereocenters. The van der Waals surface area contributed by atoms with E-state index in [1.807, 2.05) is 6.21 Å². The smallest absolute Gasteiger partial charge is 0.0910 e. The highest BCUT2D eigenvalue weighted by atomic mass is 32.2. The van der Waals surface area contributed by atoms with E-state index < -0.39 is 0 Å². The molecular formula is C5H4N2S2. The molecule has 1 aromatic heterocycles. The largest absolute Gasteiger partial charge is 0.246 e. The normalized spacial score (nSPS) is 14.7. The molecule has 1 aliphatic rings. The van der Waals surface area contributed by atoms with Crippen molar-refractivity contribution in [1.29, 1.82) is 0 Å². The standard InChI is InChI=1S/C5H4N2S2/c1-2-8-5-4(1)3-6-7-9-5/h1-3,7H. The average Bonchev–Trinajstić information content (AvgIpc) is 2.33. The van der Waals surface area contributed by atoms with Crippen LogP contribution in [0.25, 0.3) is 0 Å². The lowest BCUT2D eigenvalue weighted by Crippen LogP contribution is -1.98. The number of thiophene rings is 1. The van der Waals surface area contributed by atoms with E-state index in [2.05, 4.69) is 21.4 Å². The van der Waals surface area contributed by atoms with Gasteiger partial charge in [-0.25, -0.2) is 4.83 Å². The Balaban J connectivity index is 2.53. The summed E-state index contributed by atoms with van der Waals surface area (Å²) in [6.07, 6.45) is 1.84. The first-order chi connectivity index (χ1) is 4.47. The maximum atomic E-state index is 3.89. The third-order valence-corrected chi connectivity index (χ3v) is 2.93.